The molecule has 0 aliphatic carbocycles. The number of hydrogen-bond acceptors (Lipinski definition) is 3. The highest BCUT2D eigenvalue weighted by atomic mass is 16.3. The number of nitrogens with zero attached hydrogens (tertiary/aromatic N) is 1. The first-order valence-corrected chi connectivity index (χ1v) is 2.91. The Morgan fingerprint density at radius 3 is 2.55 bits per heavy atom. The molecule has 0 atom stereocenters. The second kappa shape index (κ2) is 2.92. The fraction of sp³-hybridized carbons (Fsp3) is 0. The molecule has 0 aromatic heterocycles. The van der Waals surface area contributed by atoms with Crippen molar-refractivity contribution >= 4 is 5.91 Å². The highest BCUT2D eigenvalue weighted by molar-refractivity contribution is 5.97. The van der Waals surface area contributed by atoms with Crippen LogP contribution in [0.5, 0.6) is 5.75 Å². The molecule has 4 nitrogen and oxygen atoms in total. The molecule has 11 heavy (non-hydrogen) atoms. The van der Waals surface area contributed by atoms with Crippen LogP contribution in [0.25, 0.3) is 0 Å². The summed E-state index contributed by atoms with van der Waals surface area (Å²) in [5, 5.41) is 11.2. The lowest BCUT2D eigenvalue weighted by atomic mass is 10.2. The molecule has 0 heterocycles. The van der Waals surface area contributed by atoms with Crippen molar-refractivity contribution < 1.29 is 9.90 Å². The maximum atomic E-state index is 10.6. The molecule has 0 bridgehead atoms. The number of phenolic OH excluding ortho intramolecular Hbond substituents is 1. The molecule has 0 aliphatic rings. The number of aromatic hydroxyl groups is 1. The van der Waals surface area contributed by atoms with Gasteiger partial charge >= 0.3 is 5.91 Å². The molecule has 0 unspecified atom stereocenters. The lowest BCUT2D eigenvalue weighted by Crippen LogP contribution is -1.92. The Hall–Kier alpha value is -1.71. The number of rotatable bonds is 1. The first-order valence-electron chi connectivity index (χ1n) is 2.91. The van der Waals surface area contributed by atoms with Gasteiger partial charge in [-0.15, -0.1) is 4.91 Å². The van der Waals surface area contributed by atoms with Gasteiger partial charge in [-0.3, -0.25) is 4.79 Å². The molecule has 0 fully saturated rings. The number of carbonyl (C=O) groups is 1. The lowest BCUT2D eigenvalue weighted by molar-refractivity contribution is 0.0998. The average Bonchev–Trinajstić information content (AvgIpc) is 2.04. The summed E-state index contributed by atoms with van der Waals surface area (Å²) in [6, 6.07) is 5.74. The highest BCUT2D eigenvalue weighted by Crippen LogP contribution is 2.15. The van der Waals surface area contributed by atoms with Crippen molar-refractivity contribution in [1.29, 1.82) is 0 Å². The van der Waals surface area contributed by atoms with Crippen LogP contribution in [0.4, 0.5) is 0 Å². The van der Waals surface area contributed by atoms with Crippen molar-refractivity contribution in [2.45, 2.75) is 0 Å². The third-order valence-electron chi connectivity index (χ3n) is 1.22. The largest absolute Gasteiger partial charge is 0.507 e. The predicted molar refractivity (Wildman–Crippen MR) is 38.2 cm³/mol. The third-order valence-corrected chi connectivity index (χ3v) is 1.22. The molecule has 0 saturated carbocycles. The number of carbonyl (C=O) groups excluding carboxylic acids is 1. The van der Waals surface area contributed by atoms with Crippen molar-refractivity contribution in [2.75, 3.05) is 0 Å². The zero-order chi connectivity index (χ0) is 8.27. The van der Waals surface area contributed by atoms with Crippen molar-refractivity contribution in [1.82, 2.24) is 0 Å². The third kappa shape index (κ3) is 1.40. The van der Waals surface area contributed by atoms with Crippen LogP contribution in [0, 0.1) is 4.91 Å². The van der Waals surface area contributed by atoms with E-state index in [1.54, 1.807) is 6.07 Å². The van der Waals surface area contributed by atoms with Crippen LogP contribution in [-0.4, -0.2) is 11.0 Å². The first-order chi connectivity index (χ1) is 5.25. The molecule has 1 rings (SSSR count). The summed E-state index contributed by atoms with van der Waals surface area (Å²) in [5.41, 5.74) is -0.0671. The summed E-state index contributed by atoms with van der Waals surface area (Å²) < 4.78 is 0. The maximum absolute atomic E-state index is 10.6. The number of phenols is 1. The topological polar surface area (TPSA) is 66.7 Å². The smallest absolute Gasteiger partial charge is 0.320 e. The fourth-order valence-electron chi connectivity index (χ4n) is 0.704. The van der Waals surface area contributed by atoms with E-state index in [2.05, 4.69) is 5.18 Å². The molecule has 0 aliphatic heterocycles. The summed E-state index contributed by atoms with van der Waals surface area (Å²) in [7, 11) is 0. The Kier molecular flexibility index (Phi) is 1.96. The van der Waals surface area contributed by atoms with Crippen molar-refractivity contribution in [2.24, 2.45) is 5.18 Å². The number of para-hydroxylation sites is 1. The quantitative estimate of drug-likeness (QED) is 0.615. The minimum absolute atomic E-state index is 0.0671. The van der Waals surface area contributed by atoms with Crippen LogP contribution in [0.15, 0.2) is 29.4 Å². The number of nitroso groups, excluding NO2 is 1. The molecule has 0 radical (unpaired) electrons. The van der Waals surface area contributed by atoms with E-state index >= 15 is 0 Å². The molecule has 0 spiro atoms. The average molecular weight is 151 g/mol. The van der Waals surface area contributed by atoms with E-state index in [0.29, 0.717) is 0 Å². The van der Waals surface area contributed by atoms with Gasteiger partial charge < -0.3 is 5.11 Å². The molecule has 4 heteroatoms. The highest BCUT2D eigenvalue weighted by Gasteiger charge is 2.08. The number of hydrogen-bond donors (Lipinski definition) is 1. The van der Waals surface area contributed by atoms with Crippen molar-refractivity contribution in [3.8, 4) is 5.75 Å². The second-order valence-corrected chi connectivity index (χ2v) is 1.91. The van der Waals surface area contributed by atoms with Gasteiger partial charge in [0.05, 0.1) is 5.56 Å². The molecular weight excluding hydrogens is 146 g/mol. The first kappa shape index (κ1) is 7.40. The van der Waals surface area contributed by atoms with Crippen LogP contribution < -0.4 is 0 Å². The predicted octanol–water partition coefficient (Wildman–Crippen LogP) is 1.30. The van der Waals surface area contributed by atoms with Crippen molar-refractivity contribution in [3.05, 3.63) is 34.7 Å². The second-order valence-electron chi connectivity index (χ2n) is 1.91. The van der Waals surface area contributed by atoms with Gasteiger partial charge in [-0.2, -0.15) is 0 Å². The van der Waals surface area contributed by atoms with E-state index in [4.69, 9.17) is 5.11 Å². The van der Waals surface area contributed by atoms with Crippen LogP contribution in [0.1, 0.15) is 10.4 Å². The van der Waals surface area contributed by atoms with Gasteiger partial charge in [0.25, 0.3) is 0 Å². The van der Waals surface area contributed by atoms with Gasteiger partial charge in [-0.1, -0.05) is 12.1 Å². The summed E-state index contributed by atoms with van der Waals surface area (Å²) in [6.45, 7) is 0. The Balaban J connectivity index is 3.13. The van der Waals surface area contributed by atoms with E-state index in [1.807, 2.05) is 0 Å². The zero-order valence-corrected chi connectivity index (χ0v) is 5.52. The van der Waals surface area contributed by atoms with Crippen LogP contribution in [-0.2, 0) is 0 Å². The molecule has 1 amide bonds. The molecule has 0 saturated heterocycles. The van der Waals surface area contributed by atoms with Gasteiger partial charge in [0.1, 0.15) is 5.75 Å². The standard InChI is InChI=1S/C7H5NO3/c9-6-4-2-1-3-5(6)7(10)8-11/h1-4,9H. The summed E-state index contributed by atoms with van der Waals surface area (Å²) >= 11 is 0. The van der Waals surface area contributed by atoms with Gasteiger partial charge in [0.2, 0.25) is 0 Å². The van der Waals surface area contributed by atoms with E-state index in [1.165, 1.54) is 18.2 Å². The Morgan fingerprint density at radius 1 is 1.36 bits per heavy atom. The van der Waals surface area contributed by atoms with Gasteiger partial charge in [-0.05, 0) is 12.1 Å². The maximum Gasteiger partial charge on any atom is 0.320 e. The van der Waals surface area contributed by atoms with Gasteiger partial charge in [0, 0.05) is 5.18 Å². The minimum Gasteiger partial charge on any atom is -0.507 e. The van der Waals surface area contributed by atoms with Crippen LogP contribution >= 0.6 is 0 Å². The van der Waals surface area contributed by atoms with Crippen LogP contribution in [0.3, 0.4) is 0 Å². The van der Waals surface area contributed by atoms with Gasteiger partial charge in [0.15, 0.2) is 0 Å². The van der Waals surface area contributed by atoms with E-state index in [9.17, 15) is 9.70 Å². The monoisotopic (exact) mass is 151 g/mol. The Labute approximate surface area is 62.4 Å². The number of benzene rings is 1. The van der Waals surface area contributed by atoms with Crippen molar-refractivity contribution in [3.63, 3.8) is 0 Å². The van der Waals surface area contributed by atoms with Crippen LogP contribution in [0.2, 0.25) is 0 Å². The minimum atomic E-state index is -0.955. The fourth-order valence-corrected chi connectivity index (χ4v) is 0.704. The molecule has 1 aromatic carbocycles. The normalized spacial score (nSPS) is 9.09. The SMILES string of the molecule is O=NC(=O)c1ccccc1O. The summed E-state index contributed by atoms with van der Waals surface area (Å²) in [5.74, 6) is -1.18. The zero-order valence-electron chi connectivity index (χ0n) is 5.52. The van der Waals surface area contributed by atoms with E-state index < -0.39 is 5.91 Å². The molecular formula is C7H5NO3. The number of amides is 1. The Morgan fingerprint density at radius 2 is 2.00 bits per heavy atom. The summed E-state index contributed by atoms with van der Waals surface area (Å²) in [6.07, 6.45) is 0. The van der Waals surface area contributed by atoms with E-state index in [-0.39, 0.29) is 11.3 Å². The Bertz CT molecular complexity index is 295. The van der Waals surface area contributed by atoms with E-state index in [0.717, 1.165) is 0 Å². The molecule has 56 valence electrons. The lowest BCUT2D eigenvalue weighted by Gasteiger charge is -1.94. The molecule has 1 aromatic rings. The summed E-state index contributed by atoms with van der Waals surface area (Å²) in [4.78, 5) is 20.3. The molecule has 1 N–H and O–H groups in total. The van der Waals surface area contributed by atoms with Gasteiger partial charge in [-0.25, -0.2) is 0 Å².